The minimum absolute atomic E-state index is 0.0456. The molecule has 1 aliphatic heterocycles. The number of carbonyl (C=O) groups excluding carboxylic acids is 2. The van der Waals surface area contributed by atoms with Crippen molar-refractivity contribution in [2.45, 2.75) is 39.7 Å². The number of nitrogens with zero attached hydrogens (tertiary/aromatic N) is 1. The smallest absolute Gasteiger partial charge is 0.263 e. The van der Waals surface area contributed by atoms with Crippen molar-refractivity contribution in [1.29, 1.82) is 0 Å². The summed E-state index contributed by atoms with van der Waals surface area (Å²) in [7, 11) is 0. The molecule has 1 heterocycles. The van der Waals surface area contributed by atoms with E-state index in [1.54, 1.807) is 11.8 Å². The highest BCUT2D eigenvalue weighted by molar-refractivity contribution is 5.85. The summed E-state index contributed by atoms with van der Waals surface area (Å²) < 4.78 is 5.72. The summed E-state index contributed by atoms with van der Waals surface area (Å²) in [5, 5.41) is 0. The van der Waals surface area contributed by atoms with Crippen LogP contribution in [0, 0.1) is 13.8 Å². The minimum atomic E-state index is -0.523. The average molecular weight is 275 g/mol. The van der Waals surface area contributed by atoms with Crippen LogP contribution in [-0.2, 0) is 9.59 Å². The fourth-order valence-electron chi connectivity index (χ4n) is 2.28. The molecule has 1 aromatic carbocycles. The minimum Gasteiger partial charge on any atom is -0.481 e. The topological polar surface area (TPSA) is 46.6 Å². The third kappa shape index (κ3) is 3.38. The van der Waals surface area contributed by atoms with Gasteiger partial charge in [0.25, 0.3) is 5.91 Å². The summed E-state index contributed by atoms with van der Waals surface area (Å²) in [6.07, 6.45) is 0.398. The molecule has 1 unspecified atom stereocenters. The molecule has 0 aromatic heterocycles. The Morgan fingerprint density at radius 1 is 1.20 bits per heavy atom. The molecule has 1 saturated heterocycles. The fourth-order valence-corrected chi connectivity index (χ4v) is 2.28. The van der Waals surface area contributed by atoms with Crippen molar-refractivity contribution in [1.82, 2.24) is 4.90 Å². The number of likely N-dealkylation sites (tertiary alicyclic amines) is 1. The van der Waals surface area contributed by atoms with Gasteiger partial charge in [-0.25, -0.2) is 0 Å². The molecule has 0 N–H and O–H groups in total. The van der Waals surface area contributed by atoms with Crippen LogP contribution in [0.2, 0.25) is 0 Å². The number of ether oxygens (including phenoxy) is 1. The van der Waals surface area contributed by atoms with Crippen molar-refractivity contribution in [3.8, 4) is 5.75 Å². The van der Waals surface area contributed by atoms with E-state index in [1.165, 1.54) is 5.56 Å². The van der Waals surface area contributed by atoms with Gasteiger partial charge in [-0.1, -0.05) is 6.07 Å². The predicted molar refractivity (Wildman–Crippen MR) is 76.8 cm³/mol. The number of Topliss-reactive ketones (excluding diaryl/α,β-unsaturated/α-hetero) is 1. The van der Waals surface area contributed by atoms with Gasteiger partial charge in [0, 0.05) is 25.9 Å². The highest BCUT2D eigenvalue weighted by Gasteiger charge is 2.25. The van der Waals surface area contributed by atoms with E-state index in [-0.39, 0.29) is 11.7 Å². The van der Waals surface area contributed by atoms with Crippen LogP contribution in [-0.4, -0.2) is 35.8 Å². The molecular formula is C16H21NO3. The zero-order valence-electron chi connectivity index (χ0n) is 12.3. The van der Waals surface area contributed by atoms with E-state index in [0.717, 1.165) is 5.56 Å². The van der Waals surface area contributed by atoms with E-state index in [0.29, 0.717) is 31.7 Å². The second-order valence-electron chi connectivity index (χ2n) is 5.37. The Labute approximate surface area is 119 Å². The Morgan fingerprint density at radius 2 is 1.85 bits per heavy atom. The van der Waals surface area contributed by atoms with Gasteiger partial charge in [-0.3, -0.25) is 9.59 Å². The number of benzene rings is 1. The van der Waals surface area contributed by atoms with E-state index < -0.39 is 6.10 Å². The summed E-state index contributed by atoms with van der Waals surface area (Å²) in [5.74, 6) is 0.898. The van der Waals surface area contributed by atoms with Gasteiger partial charge >= 0.3 is 0 Å². The number of hydrogen-bond acceptors (Lipinski definition) is 3. The number of amides is 1. The van der Waals surface area contributed by atoms with Crippen LogP contribution in [0.1, 0.15) is 30.9 Å². The van der Waals surface area contributed by atoms with Gasteiger partial charge in [0.1, 0.15) is 11.5 Å². The van der Waals surface area contributed by atoms with Crippen LogP contribution >= 0.6 is 0 Å². The average Bonchev–Trinajstić information content (AvgIpc) is 2.43. The number of carbonyl (C=O) groups is 2. The zero-order valence-corrected chi connectivity index (χ0v) is 12.3. The first-order chi connectivity index (χ1) is 9.47. The quantitative estimate of drug-likeness (QED) is 0.850. The summed E-state index contributed by atoms with van der Waals surface area (Å²) in [4.78, 5) is 25.2. The van der Waals surface area contributed by atoms with Crippen LogP contribution in [0.4, 0.5) is 0 Å². The summed E-state index contributed by atoms with van der Waals surface area (Å²) in [6.45, 7) is 6.84. The first kappa shape index (κ1) is 14.6. The van der Waals surface area contributed by atoms with E-state index in [9.17, 15) is 9.59 Å². The first-order valence-electron chi connectivity index (χ1n) is 7.02. The molecule has 20 heavy (non-hydrogen) atoms. The van der Waals surface area contributed by atoms with Gasteiger partial charge in [0.05, 0.1) is 0 Å². The van der Waals surface area contributed by atoms with Crippen LogP contribution in [0.5, 0.6) is 5.75 Å². The summed E-state index contributed by atoms with van der Waals surface area (Å²) >= 11 is 0. The Hall–Kier alpha value is -1.84. The van der Waals surface area contributed by atoms with Gasteiger partial charge in [0.2, 0.25) is 0 Å². The Kier molecular flexibility index (Phi) is 4.42. The van der Waals surface area contributed by atoms with E-state index in [1.807, 2.05) is 32.0 Å². The van der Waals surface area contributed by atoms with Gasteiger partial charge in [-0.2, -0.15) is 0 Å². The van der Waals surface area contributed by atoms with Crippen molar-refractivity contribution < 1.29 is 14.3 Å². The fraction of sp³-hybridized carbons (Fsp3) is 0.500. The molecule has 0 bridgehead atoms. The largest absolute Gasteiger partial charge is 0.481 e. The van der Waals surface area contributed by atoms with Gasteiger partial charge in [-0.15, -0.1) is 0 Å². The van der Waals surface area contributed by atoms with Crippen LogP contribution in [0.15, 0.2) is 18.2 Å². The van der Waals surface area contributed by atoms with Gasteiger partial charge < -0.3 is 9.64 Å². The number of rotatable bonds is 3. The first-order valence-corrected chi connectivity index (χ1v) is 7.02. The number of ketones is 1. The molecule has 0 aliphatic carbocycles. The van der Waals surface area contributed by atoms with E-state index in [4.69, 9.17) is 4.74 Å². The SMILES string of the molecule is Cc1ccc(OC(C)C(=O)N2CCC(=O)CC2)cc1C. The zero-order chi connectivity index (χ0) is 14.7. The number of hydrogen-bond donors (Lipinski definition) is 0. The van der Waals surface area contributed by atoms with Gasteiger partial charge in [0.15, 0.2) is 6.10 Å². The molecule has 1 aliphatic rings. The normalized spacial score (nSPS) is 16.9. The van der Waals surface area contributed by atoms with Crippen LogP contribution in [0.3, 0.4) is 0 Å². The Morgan fingerprint density at radius 3 is 2.45 bits per heavy atom. The standard InChI is InChI=1S/C16H21NO3/c1-11-4-5-15(10-12(11)2)20-13(3)16(19)17-8-6-14(18)7-9-17/h4-5,10,13H,6-9H2,1-3H3. The van der Waals surface area contributed by atoms with Crippen LogP contribution in [0.25, 0.3) is 0 Å². The maximum atomic E-state index is 12.3. The van der Waals surface area contributed by atoms with E-state index >= 15 is 0 Å². The lowest BCUT2D eigenvalue weighted by molar-refractivity contribution is -0.140. The molecule has 4 heteroatoms. The molecule has 0 radical (unpaired) electrons. The summed E-state index contributed by atoms with van der Waals surface area (Å²) in [5.41, 5.74) is 2.34. The number of piperidine rings is 1. The lowest BCUT2D eigenvalue weighted by Crippen LogP contribution is -2.44. The highest BCUT2D eigenvalue weighted by Crippen LogP contribution is 2.18. The van der Waals surface area contributed by atoms with E-state index in [2.05, 4.69) is 0 Å². The van der Waals surface area contributed by atoms with Crippen molar-refractivity contribution in [2.24, 2.45) is 0 Å². The molecule has 0 saturated carbocycles. The molecule has 0 spiro atoms. The lowest BCUT2D eigenvalue weighted by Gasteiger charge is -2.28. The summed E-state index contributed by atoms with van der Waals surface area (Å²) in [6, 6.07) is 5.81. The third-order valence-electron chi connectivity index (χ3n) is 3.77. The maximum Gasteiger partial charge on any atom is 0.263 e. The molecule has 4 nitrogen and oxygen atoms in total. The van der Waals surface area contributed by atoms with Crippen molar-refractivity contribution in [3.63, 3.8) is 0 Å². The maximum absolute atomic E-state index is 12.3. The third-order valence-corrected chi connectivity index (χ3v) is 3.77. The molecule has 1 amide bonds. The van der Waals surface area contributed by atoms with Crippen molar-refractivity contribution in [2.75, 3.05) is 13.1 Å². The Balaban J connectivity index is 1.96. The monoisotopic (exact) mass is 275 g/mol. The lowest BCUT2D eigenvalue weighted by atomic mass is 10.1. The number of aryl methyl sites for hydroxylation is 2. The van der Waals surface area contributed by atoms with Crippen LogP contribution < -0.4 is 4.74 Å². The second-order valence-corrected chi connectivity index (χ2v) is 5.37. The van der Waals surface area contributed by atoms with Gasteiger partial charge in [-0.05, 0) is 44.0 Å². The highest BCUT2D eigenvalue weighted by atomic mass is 16.5. The molecular weight excluding hydrogens is 254 g/mol. The molecule has 1 fully saturated rings. The second kappa shape index (κ2) is 6.07. The van der Waals surface area contributed by atoms with Crippen molar-refractivity contribution >= 4 is 11.7 Å². The molecule has 2 rings (SSSR count). The molecule has 1 atom stereocenters. The predicted octanol–water partition coefficient (Wildman–Crippen LogP) is 2.26. The Bertz CT molecular complexity index is 514. The molecule has 1 aromatic rings. The van der Waals surface area contributed by atoms with Crippen molar-refractivity contribution in [3.05, 3.63) is 29.3 Å². The molecule has 108 valence electrons.